The number of hydrogen-bond donors (Lipinski definition) is 2. The van der Waals surface area contributed by atoms with Crippen LogP contribution in [0, 0.1) is 5.92 Å². The zero-order valence-corrected chi connectivity index (χ0v) is 14.1. The monoisotopic (exact) mass is 316 g/mol. The van der Waals surface area contributed by atoms with E-state index in [0.717, 1.165) is 37.6 Å². The van der Waals surface area contributed by atoms with Crippen LogP contribution in [0.15, 0.2) is 24.3 Å². The van der Waals surface area contributed by atoms with Gasteiger partial charge in [0.05, 0.1) is 13.7 Å². The van der Waals surface area contributed by atoms with Crippen molar-refractivity contribution in [2.24, 2.45) is 5.92 Å². The molecule has 4 nitrogen and oxygen atoms in total. The first-order valence-electron chi connectivity index (χ1n) is 8.84. The topological polar surface area (TPSA) is 50.4 Å². The van der Waals surface area contributed by atoms with Crippen molar-refractivity contribution < 1.29 is 9.53 Å². The molecule has 0 bridgehead atoms. The summed E-state index contributed by atoms with van der Waals surface area (Å²) in [7, 11) is 1.70. The van der Waals surface area contributed by atoms with Crippen LogP contribution in [0.3, 0.4) is 0 Å². The second kappa shape index (κ2) is 7.35. The number of carbonyl (C=O) groups excluding carboxylic acids is 1. The van der Waals surface area contributed by atoms with Gasteiger partial charge in [-0.15, -0.1) is 0 Å². The molecule has 3 rings (SSSR count). The molecule has 0 unspecified atom stereocenters. The average molecular weight is 316 g/mol. The van der Waals surface area contributed by atoms with E-state index in [4.69, 9.17) is 4.74 Å². The average Bonchev–Trinajstić information content (AvgIpc) is 3.28. The molecule has 0 heterocycles. The number of nitrogens with one attached hydrogen (secondary N) is 2. The lowest BCUT2D eigenvalue weighted by atomic mass is 9.78. The van der Waals surface area contributed by atoms with E-state index in [0.29, 0.717) is 6.54 Å². The van der Waals surface area contributed by atoms with Crippen LogP contribution < -0.4 is 15.4 Å². The predicted molar refractivity (Wildman–Crippen MR) is 91.7 cm³/mol. The van der Waals surface area contributed by atoms with Crippen molar-refractivity contribution in [3.8, 4) is 5.75 Å². The number of hydrogen-bond acceptors (Lipinski definition) is 3. The third-order valence-corrected chi connectivity index (χ3v) is 5.28. The van der Waals surface area contributed by atoms with Gasteiger partial charge in [0.25, 0.3) is 0 Å². The summed E-state index contributed by atoms with van der Waals surface area (Å²) in [5.41, 5.74) is 1.36. The number of amides is 1. The highest BCUT2D eigenvalue weighted by Crippen LogP contribution is 2.41. The largest absolute Gasteiger partial charge is 0.497 e. The summed E-state index contributed by atoms with van der Waals surface area (Å²) in [4.78, 5) is 12.1. The van der Waals surface area contributed by atoms with Crippen molar-refractivity contribution in [3.05, 3.63) is 29.8 Å². The summed E-state index contributed by atoms with van der Waals surface area (Å²) in [6, 6.07) is 8.33. The molecule has 2 N–H and O–H groups in total. The zero-order valence-electron chi connectivity index (χ0n) is 14.1. The molecule has 126 valence electrons. The van der Waals surface area contributed by atoms with Crippen molar-refractivity contribution in [1.29, 1.82) is 0 Å². The van der Waals surface area contributed by atoms with Crippen molar-refractivity contribution in [2.75, 3.05) is 26.7 Å². The standard InChI is InChI=1S/C19H28N2O2/c1-23-17-6-4-5-16(11-17)19(9-2-3-10-19)14-21-18(22)13-20-12-15-7-8-15/h4-6,11,15,20H,2-3,7-10,12-14H2,1H3,(H,21,22). The molecule has 23 heavy (non-hydrogen) atoms. The Morgan fingerprint density at radius 1 is 1.30 bits per heavy atom. The highest BCUT2D eigenvalue weighted by molar-refractivity contribution is 5.78. The third kappa shape index (κ3) is 4.25. The van der Waals surface area contributed by atoms with Gasteiger partial charge in [-0.05, 0) is 55.8 Å². The molecule has 4 heteroatoms. The molecule has 1 aromatic carbocycles. The van der Waals surface area contributed by atoms with Crippen LogP contribution in [-0.2, 0) is 10.2 Å². The van der Waals surface area contributed by atoms with Gasteiger partial charge in [0.2, 0.25) is 5.91 Å². The van der Waals surface area contributed by atoms with Crippen LogP contribution in [-0.4, -0.2) is 32.7 Å². The summed E-state index contributed by atoms with van der Waals surface area (Å²) >= 11 is 0. The molecular weight excluding hydrogens is 288 g/mol. The first-order valence-corrected chi connectivity index (χ1v) is 8.84. The van der Waals surface area contributed by atoms with E-state index in [2.05, 4.69) is 22.8 Å². The quantitative estimate of drug-likeness (QED) is 0.775. The van der Waals surface area contributed by atoms with E-state index in [-0.39, 0.29) is 11.3 Å². The van der Waals surface area contributed by atoms with Gasteiger partial charge in [-0.25, -0.2) is 0 Å². The minimum atomic E-state index is 0.0701. The lowest BCUT2D eigenvalue weighted by molar-refractivity contribution is -0.120. The molecule has 1 aromatic rings. The van der Waals surface area contributed by atoms with Gasteiger partial charge in [-0.3, -0.25) is 4.79 Å². The van der Waals surface area contributed by atoms with Crippen molar-refractivity contribution in [1.82, 2.24) is 10.6 Å². The molecular formula is C19H28N2O2. The SMILES string of the molecule is COc1cccc(C2(CNC(=O)CNCC3CC3)CCCC2)c1. The smallest absolute Gasteiger partial charge is 0.233 e. The Labute approximate surface area is 139 Å². The van der Waals surface area contributed by atoms with E-state index in [1.54, 1.807) is 7.11 Å². The normalized spacial score (nSPS) is 19.5. The molecule has 2 aliphatic rings. The van der Waals surface area contributed by atoms with Crippen molar-refractivity contribution >= 4 is 5.91 Å². The van der Waals surface area contributed by atoms with E-state index in [1.165, 1.54) is 31.2 Å². The molecule has 0 spiro atoms. The second-order valence-electron chi connectivity index (χ2n) is 7.07. The van der Waals surface area contributed by atoms with Crippen molar-refractivity contribution in [3.63, 3.8) is 0 Å². The second-order valence-corrected chi connectivity index (χ2v) is 7.07. The van der Waals surface area contributed by atoms with Gasteiger partial charge in [0.1, 0.15) is 5.75 Å². The van der Waals surface area contributed by atoms with Gasteiger partial charge in [-0.2, -0.15) is 0 Å². The van der Waals surface area contributed by atoms with Gasteiger partial charge < -0.3 is 15.4 Å². The molecule has 1 amide bonds. The minimum absolute atomic E-state index is 0.0701. The number of ether oxygens (including phenoxy) is 1. The van der Waals surface area contributed by atoms with Crippen LogP contribution in [0.1, 0.15) is 44.1 Å². The fourth-order valence-corrected chi connectivity index (χ4v) is 3.61. The third-order valence-electron chi connectivity index (χ3n) is 5.28. The Bertz CT molecular complexity index is 534. The highest BCUT2D eigenvalue weighted by atomic mass is 16.5. The molecule has 0 saturated heterocycles. The van der Waals surface area contributed by atoms with Gasteiger partial charge >= 0.3 is 0 Å². The van der Waals surface area contributed by atoms with E-state index in [9.17, 15) is 4.79 Å². The summed E-state index contributed by atoms with van der Waals surface area (Å²) in [5, 5.41) is 6.41. The highest BCUT2D eigenvalue weighted by Gasteiger charge is 2.36. The van der Waals surface area contributed by atoms with E-state index < -0.39 is 0 Å². The van der Waals surface area contributed by atoms with Gasteiger partial charge in [0.15, 0.2) is 0 Å². The number of carbonyl (C=O) groups is 1. The molecule has 2 aliphatic carbocycles. The molecule has 0 aromatic heterocycles. The first-order chi connectivity index (χ1) is 11.2. The number of methoxy groups -OCH3 is 1. The van der Waals surface area contributed by atoms with E-state index in [1.807, 2.05) is 12.1 Å². The number of rotatable bonds is 8. The Morgan fingerprint density at radius 2 is 2.09 bits per heavy atom. The maximum absolute atomic E-state index is 12.1. The number of benzene rings is 1. The first kappa shape index (κ1) is 16.3. The fraction of sp³-hybridized carbons (Fsp3) is 0.632. The van der Waals surface area contributed by atoms with Crippen LogP contribution in [0.2, 0.25) is 0 Å². The Hall–Kier alpha value is -1.55. The molecule has 2 saturated carbocycles. The fourth-order valence-electron chi connectivity index (χ4n) is 3.61. The summed E-state index contributed by atoms with van der Waals surface area (Å²) in [6.45, 7) is 2.14. The molecule has 2 fully saturated rings. The minimum Gasteiger partial charge on any atom is -0.497 e. The van der Waals surface area contributed by atoms with Crippen LogP contribution in [0.4, 0.5) is 0 Å². The Balaban J connectivity index is 1.57. The summed E-state index contributed by atoms with van der Waals surface area (Å²) in [5.74, 6) is 1.81. The van der Waals surface area contributed by atoms with Gasteiger partial charge in [0, 0.05) is 12.0 Å². The maximum atomic E-state index is 12.1. The summed E-state index contributed by atoms with van der Waals surface area (Å²) < 4.78 is 5.37. The lowest BCUT2D eigenvalue weighted by Gasteiger charge is -2.30. The molecule has 0 aliphatic heterocycles. The zero-order chi connectivity index (χ0) is 16.1. The lowest BCUT2D eigenvalue weighted by Crippen LogP contribution is -2.42. The predicted octanol–water partition coefficient (Wildman–Crippen LogP) is 2.62. The summed E-state index contributed by atoms with van der Waals surface area (Å²) in [6.07, 6.45) is 7.35. The van der Waals surface area contributed by atoms with Crippen molar-refractivity contribution in [2.45, 2.75) is 43.9 Å². The van der Waals surface area contributed by atoms with Gasteiger partial charge in [-0.1, -0.05) is 25.0 Å². The Kier molecular flexibility index (Phi) is 5.21. The van der Waals surface area contributed by atoms with E-state index >= 15 is 0 Å². The maximum Gasteiger partial charge on any atom is 0.233 e. The van der Waals surface area contributed by atoms with Crippen LogP contribution in [0.25, 0.3) is 0 Å². The molecule has 0 radical (unpaired) electrons. The van der Waals surface area contributed by atoms with Crippen LogP contribution >= 0.6 is 0 Å². The Morgan fingerprint density at radius 3 is 2.78 bits per heavy atom. The molecule has 0 atom stereocenters. The van der Waals surface area contributed by atoms with Crippen LogP contribution in [0.5, 0.6) is 5.75 Å².